The molecule has 4 rings (SSSR count). The maximum Gasteiger partial charge on any atom is 0.271 e. The number of nitro groups is 1. The number of carbonyl (C=O) groups excluding carboxylic acids is 1. The van der Waals surface area contributed by atoms with E-state index in [-0.39, 0.29) is 17.1 Å². The molecule has 2 aromatic rings. The van der Waals surface area contributed by atoms with Gasteiger partial charge in [0.2, 0.25) is 0 Å². The standard InChI is InChI=1S/C20H25N5O3S/c26-19(21-15-20(8-1-2-9-20)23-11-13-29-14-12-23)18-7-10-24(22-18)16-3-5-17(6-4-16)25(27)28/h3-7,10H,1-2,8-9,11-15H2,(H,21,26). The molecule has 0 unspecified atom stereocenters. The molecule has 1 aromatic heterocycles. The predicted molar refractivity (Wildman–Crippen MR) is 113 cm³/mol. The Labute approximate surface area is 173 Å². The molecule has 1 saturated carbocycles. The molecule has 9 heteroatoms. The third kappa shape index (κ3) is 4.30. The van der Waals surface area contributed by atoms with Crippen molar-refractivity contribution in [1.29, 1.82) is 0 Å². The molecule has 8 nitrogen and oxygen atoms in total. The SMILES string of the molecule is O=C(NCC1(N2CCSCC2)CCCC1)c1ccn(-c2ccc([N+](=O)[O-])cc2)n1. The van der Waals surface area contributed by atoms with Crippen LogP contribution in [0.4, 0.5) is 5.69 Å². The number of benzene rings is 1. The maximum atomic E-state index is 12.7. The zero-order valence-corrected chi connectivity index (χ0v) is 17.1. The molecule has 2 heterocycles. The predicted octanol–water partition coefficient (Wildman–Crippen LogP) is 2.87. The van der Waals surface area contributed by atoms with E-state index in [4.69, 9.17) is 0 Å². The van der Waals surface area contributed by atoms with Crippen LogP contribution < -0.4 is 5.32 Å². The Morgan fingerprint density at radius 2 is 1.86 bits per heavy atom. The number of nitro benzene ring substituents is 1. The molecule has 0 atom stereocenters. The van der Waals surface area contributed by atoms with Crippen molar-refractivity contribution < 1.29 is 9.72 Å². The van der Waals surface area contributed by atoms with Crippen molar-refractivity contribution in [2.75, 3.05) is 31.1 Å². The second-order valence-electron chi connectivity index (χ2n) is 7.63. The van der Waals surface area contributed by atoms with E-state index in [1.54, 1.807) is 29.1 Å². The van der Waals surface area contributed by atoms with Gasteiger partial charge in [0.25, 0.3) is 11.6 Å². The number of hydrogen-bond acceptors (Lipinski definition) is 6. The van der Waals surface area contributed by atoms with Crippen LogP contribution in [0.2, 0.25) is 0 Å². The molecular weight excluding hydrogens is 390 g/mol. The summed E-state index contributed by atoms with van der Waals surface area (Å²) in [6, 6.07) is 7.77. The molecule has 154 valence electrons. The molecule has 2 aliphatic rings. The highest BCUT2D eigenvalue weighted by Gasteiger charge is 2.40. The second-order valence-corrected chi connectivity index (χ2v) is 8.86. The Morgan fingerprint density at radius 3 is 2.52 bits per heavy atom. The Kier molecular flexibility index (Phi) is 5.86. The summed E-state index contributed by atoms with van der Waals surface area (Å²) in [5.41, 5.74) is 1.13. The quantitative estimate of drug-likeness (QED) is 0.576. The number of non-ortho nitro benzene ring substituents is 1. The van der Waals surface area contributed by atoms with Crippen LogP contribution in [0.5, 0.6) is 0 Å². The lowest BCUT2D eigenvalue weighted by Gasteiger charge is -2.43. The number of carbonyl (C=O) groups is 1. The summed E-state index contributed by atoms with van der Waals surface area (Å²) < 4.78 is 1.56. The van der Waals surface area contributed by atoms with Crippen LogP contribution in [0.15, 0.2) is 36.5 Å². The average Bonchev–Trinajstić information content (AvgIpc) is 3.44. The molecule has 0 bridgehead atoms. The monoisotopic (exact) mass is 415 g/mol. The third-order valence-electron chi connectivity index (χ3n) is 5.94. The van der Waals surface area contributed by atoms with E-state index in [2.05, 4.69) is 15.3 Å². The number of rotatable bonds is 6. The van der Waals surface area contributed by atoms with E-state index >= 15 is 0 Å². The van der Waals surface area contributed by atoms with Crippen molar-refractivity contribution in [3.8, 4) is 5.69 Å². The van der Waals surface area contributed by atoms with Crippen LogP contribution in [0, 0.1) is 10.1 Å². The number of hydrogen-bond donors (Lipinski definition) is 1. The van der Waals surface area contributed by atoms with E-state index in [1.165, 1.54) is 25.0 Å². The molecule has 1 N–H and O–H groups in total. The lowest BCUT2D eigenvalue weighted by molar-refractivity contribution is -0.384. The van der Waals surface area contributed by atoms with Gasteiger partial charge in [0.15, 0.2) is 5.69 Å². The molecule has 1 aliphatic heterocycles. The van der Waals surface area contributed by atoms with Gasteiger partial charge >= 0.3 is 0 Å². The molecule has 1 aliphatic carbocycles. The first-order valence-corrected chi connectivity index (χ1v) is 11.1. The average molecular weight is 416 g/mol. The fourth-order valence-electron chi connectivity index (χ4n) is 4.33. The van der Waals surface area contributed by atoms with Crippen molar-refractivity contribution >= 4 is 23.4 Å². The lowest BCUT2D eigenvalue weighted by atomic mass is 9.94. The van der Waals surface area contributed by atoms with Crippen LogP contribution in [-0.4, -0.2) is 62.2 Å². The van der Waals surface area contributed by atoms with Gasteiger partial charge in [-0.1, -0.05) is 12.8 Å². The van der Waals surface area contributed by atoms with Gasteiger partial charge < -0.3 is 5.32 Å². The van der Waals surface area contributed by atoms with Crippen LogP contribution in [0.25, 0.3) is 5.69 Å². The summed E-state index contributed by atoms with van der Waals surface area (Å²) in [7, 11) is 0. The largest absolute Gasteiger partial charge is 0.349 e. The number of amides is 1. The summed E-state index contributed by atoms with van der Waals surface area (Å²) in [6.07, 6.45) is 6.40. The molecular formula is C20H25N5O3S. The summed E-state index contributed by atoms with van der Waals surface area (Å²) in [6.45, 7) is 2.84. The van der Waals surface area contributed by atoms with Crippen molar-refractivity contribution in [3.63, 3.8) is 0 Å². The van der Waals surface area contributed by atoms with E-state index in [1.807, 2.05) is 11.8 Å². The first-order chi connectivity index (χ1) is 14.1. The van der Waals surface area contributed by atoms with E-state index in [0.717, 1.165) is 37.4 Å². The zero-order valence-electron chi connectivity index (χ0n) is 16.2. The van der Waals surface area contributed by atoms with Crippen LogP contribution >= 0.6 is 11.8 Å². The Balaban J connectivity index is 1.41. The van der Waals surface area contributed by atoms with Gasteiger partial charge in [-0.15, -0.1) is 0 Å². The van der Waals surface area contributed by atoms with Gasteiger partial charge in [-0.3, -0.25) is 19.8 Å². The van der Waals surface area contributed by atoms with E-state index in [9.17, 15) is 14.9 Å². The van der Waals surface area contributed by atoms with Gasteiger partial charge in [-0.25, -0.2) is 4.68 Å². The van der Waals surface area contributed by atoms with Gasteiger partial charge in [0.05, 0.1) is 10.6 Å². The summed E-state index contributed by atoms with van der Waals surface area (Å²) in [4.78, 5) is 25.6. The molecule has 1 aromatic carbocycles. The van der Waals surface area contributed by atoms with Gasteiger partial charge in [-0.05, 0) is 31.0 Å². The molecule has 29 heavy (non-hydrogen) atoms. The van der Waals surface area contributed by atoms with Crippen molar-refractivity contribution in [2.24, 2.45) is 0 Å². The van der Waals surface area contributed by atoms with Crippen LogP contribution in [-0.2, 0) is 0 Å². The van der Waals surface area contributed by atoms with Gasteiger partial charge in [0.1, 0.15) is 0 Å². The fourth-order valence-corrected chi connectivity index (χ4v) is 5.23. The fraction of sp³-hybridized carbons (Fsp3) is 0.500. The highest BCUT2D eigenvalue weighted by atomic mass is 32.2. The number of thioether (sulfide) groups is 1. The first-order valence-electron chi connectivity index (χ1n) is 9.99. The summed E-state index contributed by atoms with van der Waals surface area (Å²) in [5.74, 6) is 2.15. The number of nitrogens with zero attached hydrogens (tertiary/aromatic N) is 4. The first kappa shape index (κ1) is 19.9. The summed E-state index contributed by atoms with van der Waals surface area (Å²) >= 11 is 2.00. The van der Waals surface area contributed by atoms with Gasteiger partial charge in [-0.2, -0.15) is 16.9 Å². The molecule has 0 radical (unpaired) electrons. The van der Waals surface area contributed by atoms with Gasteiger partial charge in [0, 0.05) is 55.0 Å². The number of nitrogens with one attached hydrogen (secondary N) is 1. The second kappa shape index (κ2) is 8.54. The lowest BCUT2D eigenvalue weighted by Crippen LogP contribution is -2.56. The van der Waals surface area contributed by atoms with Crippen LogP contribution in [0.3, 0.4) is 0 Å². The van der Waals surface area contributed by atoms with Crippen LogP contribution in [0.1, 0.15) is 36.2 Å². The van der Waals surface area contributed by atoms with Crippen molar-refractivity contribution in [3.05, 3.63) is 52.3 Å². The highest BCUT2D eigenvalue weighted by molar-refractivity contribution is 7.99. The van der Waals surface area contributed by atoms with Crippen molar-refractivity contribution in [1.82, 2.24) is 20.0 Å². The zero-order chi connectivity index (χ0) is 20.3. The molecule has 1 saturated heterocycles. The number of aromatic nitrogens is 2. The Hall–Kier alpha value is -2.39. The smallest absolute Gasteiger partial charge is 0.271 e. The minimum Gasteiger partial charge on any atom is -0.349 e. The minimum absolute atomic E-state index is 0.0249. The summed E-state index contributed by atoms with van der Waals surface area (Å²) in [5, 5.41) is 18.3. The van der Waals surface area contributed by atoms with Crippen molar-refractivity contribution in [2.45, 2.75) is 31.2 Å². The van der Waals surface area contributed by atoms with E-state index in [0.29, 0.717) is 17.9 Å². The molecule has 2 fully saturated rings. The molecule has 0 spiro atoms. The Bertz CT molecular complexity index is 870. The highest BCUT2D eigenvalue weighted by Crippen LogP contribution is 2.36. The Morgan fingerprint density at radius 1 is 1.17 bits per heavy atom. The topological polar surface area (TPSA) is 93.3 Å². The normalized spacial score (nSPS) is 19.2. The third-order valence-corrected chi connectivity index (χ3v) is 6.88. The maximum absolute atomic E-state index is 12.7. The minimum atomic E-state index is -0.439. The molecule has 1 amide bonds. The van der Waals surface area contributed by atoms with E-state index < -0.39 is 4.92 Å².